The van der Waals surface area contributed by atoms with Crippen LogP contribution in [0.5, 0.6) is 0 Å². The van der Waals surface area contributed by atoms with Crippen LogP contribution in [-0.2, 0) is 19.1 Å². The molecule has 130 valence electrons. The molecule has 0 aromatic heterocycles. The van der Waals surface area contributed by atoms with Gasteiger partial charge in [-0.1, -0.05) is 24.3 Å². The van der Waals surface area contributed by atoms with Gasteiger partial charge >= 0.3 is 11.9 Å². The van der Waals surface area contributed by atoms with Gasteiger partial charge in [0.2, 0.25) is 0 Å². The lowest BCUT2D eigenvalue weighted by molar-refractivity contribution is -0.152. The predicted octanol–water partition coefficient (Wildman–Crippen LogP) is 2.39. The number of nitrogens with zero attached hydrogens (tertiary/aromatic N) is 1. The lowest BCUT2D eigenvalue weighted by Crippen LogP contribution is -2.38. The topological polar surface area (TPSA) is 55.8 Å². The fraction of sp³-hybridized carbons (Fsp3) is 0.579. The van der Waals surface area contributed by atoms with Crippen LogP contribution in [0, 0.1) is 5.41 Å². The van der Waals surface area contributed by atoms with Crippen molar-refractivity contribution >= 4 is 11.9 Å². The Labute approximate surface area is 143 Å². The molecular formula is C19H25NO4. The number of hydrogen-bond acceptors (Lipinski definition) is 5. The van der Waals surface area contributed by atoms with Crippen molar-refractivity contribution in [1.29, 1.82) is 0 Å². The molecule has 3 aliphatic heterocycles. The summed E-state index contributed by atoms with van der Waals surface area (Å²) in [5.74, 6) is -0.604. The molecule has 0 aliphatic carbocycles. The molecule has 0 aromatic carbocycles. The number of carbonyl (C=O) groups is 2. The van der Waals surface area contributed by atoms with Crippen LogP contribution >= 0.6 is 0 Å². The van der Waals surface area contributed by atoms with Crippen LogP contribution in [0.15, 0.2) is 35.5 Å². The lowest BCUT2D eigenvalue weighted by Gasteiger charge is -2.29. The van der Waals surface area contributed by atoms with Gasteiger partial charge < -0.3 is 9.47 Å². The first-order valence-corrected chi connectivity index (χ1v) is 8.49. The van der Waals surface area contributed by atoms with E-state index < -0.39 is 5.41 Å². The fourth-order valence-electron chi connectivity index (χ4n) is 3.56. The molecule has 3 aliphatic rings. The molecule has 0 spiro atoms. The second-order valence-electron chi connectivity index (χ2n) is 7.25. The maximum atomic E-state index is 12.6. The van der Waals surface area contributed by atoms with Crippen molar-refractivity contribution in [3.05, 3.63) is 35.5 Å². The molecule has 5 heteroatoms. The van der Waals surface area contributed by atoms with E-state index in [0.717, 1.165) is 25.1 Å². The molecule has 2 fully saturated rings. The molecule has 0 radical (unpaired) electrons. The molecule has 0 saturated carbocycles. The number of ether oxygens (including phenoxy) is 2. The summed E-state index contributed by atoms with van der Waals surface area (Å²) in [6.45, 7) is 11.4. The van der Waals surface area contributed by atoms with E-state index in [1.807, 2.05) is 6.92 Å². The summed E-state index contributed by atoms with van der Waals surface area (Å²) >= 11 is 0. The zero-order chi connectivity index (χ0) is 17.5. The molecule has 0 aromatic rings. The quantitative estimate of drug-likeness (QED) is 0.387. The first kappa shape index (κ1) is 17.0. The molecule has 0 bridgehead atoms. The Morgan fingerprint density at radius 2 is 2.12 bits per heavy atom. The molecule has 0 N–H and O–H groups in total. The van der Waals surface area contributed by atoms with E-state index in [1.54, 1.807) is 19.9 Å². The summed E-state index contributed by atoms with van der Waals surface area (Å²) in [6.07, 6.45) is 4.79. The Kier molecular flexibility index (Phi) is 4.38. The number of allylic oxidation sites excluding steroid dienone is 1. The van der Waals surface area contributed by atoms with Crippen LogP contribution in [-0.4, -0.2) is 48.7 Å². The highest BCUT2D eigenvalue weighted by molar-refractivity contribution is 5.90. The molecule has 3 rings (SSSR count). The Hall–Kier alpha value is -1.88. The average Bonchev–Trinajstić information content (AvgIpc) is 3.12. The maximum Gasteiger partial charge on any atom is 0.334 e. The zero-order valence-corrected chi connectivity index (χ0v) is 14.6. The van der Waals surface area contributed by atoms with Crippen molar-refractivity contribution in [1.82, 2.24) is 4.90 Å². The normalized spacial score (nSPS) is 32.5. The van der Waals surface area contributed by atoms with Gasteiger partial charge in [0.1, 0.15) is 12.7 Å². The number of carbonyl (C=O) groups excluding carboxylic acids is 2. The van der Waals surface area contributed by atoms with Gasteiger partial charge in [0.25, 0.3) is 0 Å². The molecule has 24 heavy (non-hydrogen) atoms. The SMILES string of the molecule is C=C1CC(=CC)C(=O)O[C@@H]2CCN3CC=C(COC(=O)C1(C)C)[C@H]23. The highest BCUT2D eigenvalue weighted by Gasteiger charge is 2.43. The highest BCUT2D eigenvalue weighted by atomic mass is 16.5. The van der Waals surface area contributed by atoms with E-state index in [4.69, 9.17) is 9.47 Å². The summed E-state index contributed by atoms with van der Waals surface area (Å²) in [5.41, 5.74) is 1.39. The van der Waals surface area contributed by atoms with Gasteiger partial charge in [-0.05, 0) is 32.8 Å². The van der Waals surface area contributed by atoms with Crippen molar-refractivity contribution in [3.8, 4) is 0 Å². The summed E-state index contributed by atoms with van der Waals surface area (Å²) in [5, 5.41) is 0. The van der Waals surface area contributed by atoms with Crippen LogP contribution in [0.25, 0.3) is 0 Å². The van der Waals surface area contributed by atoms with E-state index in [2.05, 4.69) is 17.6 Å². The molecule has 0 unspecified atom stereocenters. The monoisotopic (exact) mass is 331 g/mol. The summed E-state index contributed by atoms with van der Waals surface area (Å²) in [7, 11) is 0. The predicted molar refractivity (Wildman–Crippen MR) is 90.2 cm³/mol. The van der Waals surface area contributed by atoms with E-state index in [1.165, 1.54) is 0 Å². The van der Waals surface area contributed by atoms with E-state index in [0.29, 0.717) is 17.6 Å². The number of esters is 2. The minimum Gasteiger partial charge on any atom is -0.460 e. The third kappa shape index (κ3) is 2.81. The first-order valence-electron chi connectivity index (χ1n) is 8.49. The Morgan fingerprint density at radius 1 is 1.38 bits per heavy atom. The summed E-state index contributed by atoms with van der Waals surface area (Å²) in [4.78, 5) is 27.4. The van der Waals surface area contributed by atoms with Gasteiger partial charge in [-0.2, -0.15) is 0 Å². The summed E-state index contributed by atoms with van der Waals surface area (Å²) < 4.78 is 11.4. The van der Waals surface area contributed by atoms with Crippen molar-refractivity contribution in [3.63, 3.8) is 0 Å². The van der Waals surface area contributed by atoms with Crippen LogP contribution in [0.2, 0.25) is 0 Å². The summed E-state index contributed by atoms with van der Waals surface area (Å²) in [6, 6.07) is 0.0330. The number of hydrogen-bond donors (Lipinski definition) is 0. The highest BCUT2D eigenvalue weighted by Crippen LogP contribution is 2.36. The maximum absolute atomic E-state index is 12.6. The van der Waals surface area contributed by atoms with Gasteiger partial charge in [-0.25, -0.2) is 4.79 Å². The third-order valence-corrected chi connectivity index (χ3v) is 5.45. The largest absolute Gasteiger partial charge is 0.460 e. The lowest BCUT2D eigenvalue weighted by atomic mass is 9.81. The molecule has 5 nitrogen and oxygen atoms in total. The van der Waals surface area contributed by atoms with Gasteiger partial charge in [0.15, 0.2) is 0 Å². The fourth-order valence-corrected chi connectivity index (χ4v) is 3.56. The molecule has 3 heterocycles. The van der Waals surface area contributed by atoms with E-state index >= 15 is 0 Å². The van der Waals surface area contributed by atoms with Crippen molar-refractivity contribution < 1.29 is 19.1 Å². The Morgan fingerprint density at radius 3 is 2.83 bits per heavy atom. The first-order chi connectivity index (χ1) is 11.3. The third-order valence-electron chi connectivity index (χ3n) is 5.45. The van der Waals surface area contributed by atoms with Crippen LogP contribution in [0.3, 0.4) is 0 Å². The molecular weight excluding hydrogens is 306 g/mol. The standard InChI is InChI=1S/C19H25NO4/c1-5-13-10-12(2)19(3,4)18(22)23-11-14-6-8-20-9-7-15(16(14)20)24-17(13)21/h5-6,15-16H,2,7-11H2,1,3-4H3/t15-,16-/m1/s1. The van der Waals surface area contributed by atoms with Gasteiger partial charge in [-0.3, -0.25) is 9.69 Å². The van der Waals surface area contributed by atoms with E-state index in [-0.39, 0.29) is 30.7 Å². The van der Waals surface area contributed by atoms with Gasteiger partial charge in [-0.15, -0.1) is 0 Å². The minimum atomic E-state index is -0.846. The van der Waals surface area contributed by atoms with E-state index in [9.17, 15) is 9.59 Å². The van der Waals surface area contributed by atoms with Gasteiger partial charge in [0.05, 0.1) is 11.5 Å². The Balaban J connectivity index is 1.92. The van der Waals surface area contributed by atoms with Crippen LogP contribution < -0.4 is 0 Å². The van der Waals surface area contributed by atoms with Crippen LogP contribution in [0.4, 0.5) is 0 Å². The minimum absolute atomic E-state index is 0.0330. The molecule has 0 amide bonds. The van der Waals surface area contributed by atoms with Crippen LogP contribution in [0.1, 0.15) is 33.6 Å². The van der Waals surface area contributed by atoms with Crippen molar-refractivity contribution in [2.45, 2.75) is 45.8 Å². The number of rotatable bonds is 0. The second-order valence-corrected chi connectivity index (χ2v) is 7.25. The molecule has 2 saturated heterocycles. The average molecular weight is 331 g/mol. The van der Waals surface area contributed by atoms with Crippen molar-refractivity contribution in [2.24, 2.45) is 5.41 Å². The zero-order valence-electron chi connectivity index (χ0n) is 14.6. The number of cyclic esters (lactones) is 1. The Bertz CT molecular complexity index is 644. The van der Waals surface area contributed by atoms with Gasteiger partial charge in [0, 0.05) is 25.1 Å². The second kappa shape index (κ2) is 6.20. The van der Waals surface area contributed by atoms with Crippen molar-refractivity contribution in [2.75, 3.05) is 19.7 Å². The molecule has 2 atom stereocenters. The smallest absolute Gasteiger partial charge is 0.334 e.